The monoisotopic (exact) mass is 351 g/mol. The maximum Gasteiger partial charge on any atom is 0.311 e. The van der Waals surface area contributed by atoms with Crippen molar-refractivity contribution in [2.75, 3.05) is 7.11 Å². The van der Waals surface area contributed by atoms with E-state index in [0.29, 0.717) is 16.7 Å². The Kier molecular flexibility index (Phi) is 4.84. The average Bonchev–Trinajstić information content (AvgIpc) is 2.66. The molecule has 0 saturated heterocycles. The molecule has 0 saturated carbocycles. The minimum absolute atomic E-state index is 0.107. The molecule has 0 amide bonds. The maximum absolute atomic E-state index is 11.4. The Morgan fingerprint density at radius 3 is 2.54 bits per heavy atom. The highest BCUT2D eigenvalue weighted by Crippen LogP contribution is 2.39. The first kappa shape index (κ1) is 17.4. The largest absolute Gasteiger partial charge is 0.502 e. The zero-order chi connectivity index (χ0) is 18.7. The van der Waals surface area contributed by atoms with Gasteiger partial charge in [0.15, 0.2) is 0 Å². The first-order chi connectivity index (χ1) is 12.5. The number of benzene rings is 3. The fourth-order valence-corrected chi connectivity index (χ4v) is 2.89. The van der Waals surface area contributed by atoms with Crippen LogP contribution in [0.5, 0.6) is 5.75 Å². The molecule has 6 heteroatoms. The number of rotatable bonds is 5. The van der Waals surface area contributed by atoms with Crippen LogP contribution in [0.25, 0.3) is 21.9 Å². The van der Waals surface area contributed by atoms with Crippen LogP contribution in [-0.4, -0.2) is 23.1 Å². The molecule has 0 spiro atoms. The van der Waals surface area contributed by atoms with Gasteiger partial charge in [-0.25, -0.2) is 0 Å². The standard InChI is InChI=1S/C20H17NO5/c1-26-19(22)9-6-13-10-17(20(23)18(11-13)21(24)25)16-8-7-14-4-2-3-5-15(14)12-16/h2-5,7-8,10-12,23H,6,9H2,1H3. The van der Waals surface area contributed by atoms with Gasteiger partial charge < -0.3 is 9.84 Å². The summed E-state index contributed by atoms with van der Waals surface area (Å²) in [6, 6.07) is 16.3. The van der Waals surface area contributed by atoms with E-state index in [1.165, 1.54) is 13.2 Å². The number of carbonyl (C=O) groups is 1. The number of hydrogen-bond acceptors (Lipinski definition) is 5. The number of nitro benzene ring substituents is 1. The third kappa shape index (κ3) is 3.49. The van der Waals surface area contributed by atoms with Gasteiger partial charge in [0.25, 0.3) is 0 Å². The lowest BCUT2D eigenvalue weighted by Gasteiger charge is -2.10. The number of methoxy groups -OCH3 is 1. The number of phenols is 1. The van der Waals surface area contributed by atoms with Gasteiger partial charge in [0, 0.05) is 18.1 Å². The van der Waals surface area contributed by atoms with E-state index >= 15 is 0 Å². The van der Waals surface area contributed by atoms with Crippen molar-refractivity contribution in [3.05, 3.63) is 70.3 Å². The summed E-state index contributed by atoms with van der Waals surface area (Å²) in [5.41, 5.74) is 1.24. The van der Waals surface area contributed by atoms with Crippen LogP contribution in [0, 0.1) is 10.1 Å². The number of carbonyl (C=O) groups excluding carboxylic acids is 1. The number of fused-ring (bicyclic) bond motifs is 1. The van der Waals surface area contributed by atoms with E-state index in [1.807, 2.05) is 42.5 Å². The molecule has 3 rings (SSSR count). The van der Waals surface area contributed by atoms with Crippen molar-refractivity contribution in [1.29, 1.82) is 0 Å². The van der Waals surface area contributed by atoms with Crippen LogP contribution in [0.2, 0.25) is 0 Å². The molecule has 0 heterocycles. The Morgan fingerprint density at radius 1 is 1.12 bits per heavy atom. The zero-order valence-corrected chi connectivity index (χ0v) is 14.1. The van der Waals surface area contributed by atoms with E-state index in [9.17, 15) is 20.0 Å². The third-order valence-corrected chi connectivity index (χ3v) is 4.25. The molecule has 0 bridgehead atoms. The lowest BCUT2D eigenvalue weighted by atomic mass is 9.96. The van der Waals surface area contributed by atoms with Gasteiger partial charge in [0.05, 0.1) is 12.0 Å². The van der Waals surface area contributed by atoms with E-state index in [1.54, 1.807) is 6.07 Å². The number of esters is 1. The first-order valence-electron chi connectivity index (χ1n) is 8.06. The van der Waals surface area contributed by atoms with Crippen LogP contribution in [0.15, 0.2) is 54.6 Å². The van der Waals surface area contributed by atoms with Crippen LogP contribution < -0.4 is 0 Å². The molecule has 0 aromatic heterocycles. The van der Waals surface area contributed by atoms with Crippen molar-refractivity contribution in [2.24, 2.45) is 0 Å². The second kappa shape index (κ2) is 7.23. The third-order valence-electron chi connectivity index (χ3n) is 4.25. The highest BCUT2D eigenvalue weighted by atomic mass is 16.6. The molecule has 3 aromatic carbocycles. The first-order valence-corrected chi connectivity index (χ1v) is 8.06. The molecule has 0 aliphatic rings. The lowest BCUT2D eigenvalue weighted by molar-refractivity contribution is -0.385. The van der Waals surface area contributed by atoms with E-state index < -0.39 is 10.9 Å². The number of phenolic OH excluding ortho intramolecular Hbond substituents is 1. The van der Waals surface area contributed by atoms with Gasteiger partial charge in [-0.15, -0.1) is 0 Å². The SMILES string of the molecule is COC(=O)CCc1cc(-c2ccc3ccccc3c2)c(O)c([N+](=O)[O-])c1. The number of aryl methyl sites for hydroxylation is 1. The zero-order valence-electron chi connectivity index (χ0n) is 14.1. The second-order valence-electron chi connectivity index (χ2n) is 5.91. The van der Waals surface area contributed by atoms with E-state index in [-0.39, 0.29) is 24.3 Å². The van der Waals surface area contributed by atoms with Crippen molar-refractivity contribution in [2.45, 2.75) is 12.8 Å². The van der Waals surface area contributed by atoms with Gasteiger partial charge in [0.1, 0.15) is 0 Å². The molecule has 3 aromatic rings. The fourth-order valence-electron chi connectivity index (χ4n) is 2.89. The molecule has 26 heavy (non-hydrogen) atoms. The summed E-state index contributed by atoms with van der Waals surface area (Å²) >= 11 is 0. The van der Waals surface area contributed by atoms with Crippen molar-refractivity contribution in [1.82, 2.24) is 0 Å². The van der Waals surface area contributed by atoms with Crippen molar-refractivity contribution in [3.8, 4) is 16.9 Å². The highest BCUT2D eigenvalue weighted by Gasteiger charge is 2.20. The normalized spacial score (nSPS) is 10.7. The molecular weight excluding hydrogens is 334 g/mol. The fraction of sp³-hybridized carbons (Fsp3) is 0.150. The second-order valence-corrected chi connectivity index (χ2v) is 5.91. The van der Waals surface area contributed by atoms with Crippen LogP contribution in [0.3, 0.4) is 0 Å². The number of ether oxygens (including phenoxy) is 1. The van der Waals surface area contributed by atoms with Crippen molar-refractivity contribution >= 4 is 22.4 Å². The van der Waals surface area contributed by atoms with Gasteiger partial charge >= 0.3 is 11.7 Å². The minimum Gasteiger partial charge on any atom is -0.502 e. The van der Waals surface area contributed by atoms with Crippen LogP contribution in [0.1, 0.15) is 12.0 Å². The summed E-state index contributed by atoms with van der Waals surface area (Å²) in [6.45, 7) is 0. The predicted octanol–water partition coefficient (Wildman–Crippen LogP) is 4.23. The predicted molar refractivity (Wildman–Crippen MR) is 98.0 cm³/mol. The number of aromatic hydroxyl groups is 1. The molecule has 0 atom stereocenters. The van der Waals surface area contributed by atoms with Gasteiger partial charge in [-0.05, 0) is 40.5 Å². The van der Waals surface area contributed by atoms with Gasteiger partial charge in [-0.1, -0.05) is 36.4 Å². The van der Waals surface area contributed by atoms with E-state index in [0.717, 1.165) is 10.8 Å². The summed E-state index contributed by atoms with van der Waals surface area (Å²) in [7, 11) is 1.29. The van der Waals surface area contributed by atoms with Crippen molar-refractivity contribution in [3.63, 3.8) is 0 Å². The van der Waals surface area contributed by atoms with E-state index in [2.05, 4.69) is 4.74 Å². The molecular formula is C20H17NO5. The smallest absolute Gasteiger partial charge is 0.311 e. The molecule has 132 valence electrons. The topological polar surface area (TPSA) is 89.7 Å². The van der Waals surface area contributed by atoms with Crippen LogP contribution in [0.4, 0.5) is 5.69 Å². The Balaban J connectivity index is 2.09. The summed E-state index contributed by atoms with van der Waals surface area (Å²) in [6.07, 6.45) is 0.393. The molecule has 0 aliphatic heterocycles. The summed E-state index contributed by atoms with van der Waals surface area (Å²) < 4.78 is 4.61. The maximum atomic E-state index is 11.4. The Hall–Kier alpha value is -3.41. The molecule has 6 nitrogen and oxygen atoms in total. The summed E-state index contributed by atoms with van der Waals surface area (Å²) in [5.74, 6) is -0.778. The summed E-state index contributed by atoms with van der Waals surface area (Å²) in [4.78, 5) is 22.1. The van der Waals surface area contributed by atoms with Crippen LogP contribution in [-0.2, 0) is 16.0 Å². The molecule has 0 aliphatic carbocycles. The number of nitrogens with zero attached hydrogens (tertiary/aromatic N) is 1. The van der Waals surface area contributed by atoms with Gasteiger partial charge in [-0.3, -0.25) is 14.9 Å². The lowest BCUT2D eigenvalue weighted by Crippen LogP contribution is -2.02. The molecule has 1 N–H and O–H groups in total. The molecule has 0 unspecified atom stereocenters. The molecule has 0 radical (unpaired) electrons. The number of nitro groups is 1. The van der Waals surface area contributed by atoms with Crippen LogP contribution >= 0.6 is 0 Å². The van der Waals surface area contributed by atoms with E-state index in [4.69, 9.17) is 0 Å². The van der Waals surface area contributed by atoms with Gasteiger partial charge in [-0.2, -0.15) is 0 Å². The Bertz CT molecular complexity index is 997. The quantitative estimate of drug-likeness (QED) is 0.422. The number of hydrogen-bond donors (Lipinski definition) is 1. The summed E-state index contributed by atoms with van der Waals surface area (Å²) in [5, 5.41) is 23.7. The molecule has 0 fully saturated rings. The average molecular weight is 351 g/mol. The Morgan fingerprint density at radius 2 is 1.85 bits per heavy atom. The highest BCUT2D eigenvalue weighted by molar-refractivity contribution is 5.89. The van der Waals surface area contributed by atoms with Crippen molar-refractivity contribution < 1.29 is 19.6 Å². The Labute approximate surface area is 149 Å². The minimum atomic E-state index is -0.623. The van der Waals surface area contributed by atoms with Gasteiger partial charge in [0.2, 0.25) is 5.75 Å².